The lowest BCUT2D eigenvalue weighted by Crippen LogP contribution is -1.96. The number of aromatic nitrogens is 1. The molecule has 0 atom stereocenters. The van der Waals surface area contributed by atoms with E-state index in [9.17, 15) is 0 Å². The zero-order valence-electron chi connectivity index (χ0n) is 7.27. The summed E-state index contributed by atoms with van der Waals surface area (Å²) in [6, 6.07) is 1.94. The fraction of sp³-hybridized carbons (Fsp3) is 0.200. The highest BCUT2D eigenvalue weighted by atomic mass is 14.7. The second kappa shape index (κ2) is 3.39. The highest BCUT2D eigenvalue weighted by molar-refractivity contribution is 5.86. The van der Waals surface area contributed by atoms with Gasteiger partial charge in [0.05, 0.1) is 5.69 Å². The molecule has 1 aliphatic rings. The van der Waals surface area contributed by atoms with Crippen molar-refractivity contribution in [2.24, 2.45) is 4.99 Å². The molecule has 2 rings (SSSR count). The Kier molecular flexibility index (Phi) is 2.08. The summed E-state index contributed by atoms with van der Waals surface area (Å²) in [6.45, 7) is 0.862. The summed E-state index contributed by atoms with van der Waals surface area (Å²) in [4.78, 5) is 8.17. The molecule has 0 saturated carbocycles. The summed E-state index contributed by atoms with van der Waals surface area (Å²) < 4.78 is 0. The Labute approximate surface area is 77.0 Å². The molecular formula is C10H11N3. The maximum atomic E-state index is 5.64. The van der Waals surface area contributed by atoms with E-state index in [1.165, 1.54) is 5.57 Å². The Balaban J connectivity index is 2.34. The van der Waals surface area contributed by atoms with Crippen molar-refractivity contribution in [2.75, 3.05) is 12.3 Å². The molecular weight excluding hydrogens is 162 g/mol. The third-order valence-corrected chi connectivity index (χ3v) is 2.02. The number of nitrogens with zero attached hydrogens (tertiary/aromatic N) is 2. The van der Waals surface area contributed by atoms with E-state index in [-0.39, 0.29) is 0 Å². The number of anilines is 1. The van der Waals surface area contributed by atoms with Crippen LogP contribution in [0, 0.1) is 0 Å². The van der Waals surface area contributed by atoms with Crippen molar-refractivity contribution in [1.82, 2.24) is 4.98 Å². The van der Waals surface area contributed by atoms with Gasteiger partial charge in [0, 0.05) is 25.2 Å². The van der Waals surface area contributed by atoms with Gasteiger partial charge in [-0.25, -0.2) is 0 Å². The number of nitrogens with two attached hydrogens (primary N) is 1. The number of nitrogen functional groups attached to an aromatic ring is 1. The normalized spacial score (nSPS) is 15.5. The molecule has 0 aliphatic carbocycles. The molecule has 3 heteroatoms. The molecule has 13 heavy (non-hydrogen) atoms. The van der Waals surface area contributed by atoms with Crippen LogP contribution in [0.5, 0.6) is 0 Å². The molecule has 0 spiro atoms. The highest BCUT2D eigenvalue weighted by Crippen LogP contribution is 2.20. The third-order valence-electron chi connectivity index (χ3n) is 2.02. The Morgan fingerprint density at radius 3 is 2.92 bits per heavy atom. The van der Waals surface area contributed by atoms with Crippen molar-refractivity contribution >= 4 is 17.5 Å². The summed E-state index contributed by atoms with van der Waals surface area (Å²) in [5.41, 5.74) is 8.71. The molecule has 0 amide bonds. The Morgan fingerprint density at radius 1 is 1.31 bits per heavy atom. The molecule has 0 saturated heterocycles. The van der Waals surface area contributed by atoms with Crippen LogP contribution >= 0.6 is 0 Å². The summed E-state index contributed by atoms with van der Waals surface area (Å²) in [5.74, 6) is 0. The summed E-state index contributed by atoms with van der Waals surface area (Å²) >= 11 is 0. The van der Waals surface area contributed by atoms with E-state index < -0.39 is 0 Å². The molecule has 2 heterocycles. The molecule has 1 aromatic heterocycles. The van der Waals surface area contributed by atoms with Gasteiger partial charge in [-0.15, -0.1) is 0 Å². The van der Waals surface area contributed by atoms with Crippen molar-refractivity contribution in [3.63, 3.8) is 0 Å². The first-order chi connectivity index (χ1) is 6.36. The van der Waals surface area contributed by atoms with Crippen molar-refractivity contribution in [2.45, 2.75) is 6.42 Å². The molecule has 0 radical (unpaired) electrons. The molecule has 0 bridgehead atoms. The number of pyridine rings is 1. The van der Waals surface area contributed by atoms with Gasteiger partial charge >= 0.3 is 0 Å². The Morgan fingerprint density at radius 2 is 2.23 bits per heavy atom. The van der Waals surface area contributed by atoms with E-state index in [1.807, 2.05) is 24.6 Å². The molecule has 1 aromatic rings. The second-order valence-corrected chi connectivity index (χ2v) is 3.00. The van der Waals surface area contributed by atoms with E-state index in [1.54, 1.807) is 6.20 Å². The van der Waals surface area contributed by atoms with Gasteiger partial charge in [0.15, 0.2) is 0 Å². The molecule has 3 nitrogen and oxygen atoms in total. The van der Waals surface area contributed by atoms with Gasteiger partial charge in [0.25, 0.3) is 0 Å². The zero-order valence-corrected chi connectivity index (χ0v) is 7.27. The number of hydrogen-bond acceptors (Lipinski definition) is 3. The lowest BCUT2D eigenvalue weighted by molar-refractivity contribution is 1.01. The lowest BCUT2D eigenvalue weighted by Gasteiger charge is -2.08. The van der Waals surface area contributed by atoms with Crippen LogP contribution in [0.2, 0.25) is 0 Å². The number of aliphatic imine (C=N–C) groups is 1. The lowest BCUT2D eigenvalue weighted by atomic mass is 10.0. The minimum absolute atomic E-state index is 0.709. The first-order valence-corrected chi connectivity index (χ1v) is 4.26. The average Bonchev–Trinajstić information content (AvgIpc) is 2.19. The summed E-state index contributed by atoms with van der Waals surface area (Å²) in [5, 5.41) is 0. The first-order valence-electron chi connectivity index (χ1n) is 4.26. The van der Waals surface area contributed by atoms with Crippen molar-refractivity contribution in [3.05, 3.63) is 30.1 Å². The maximum Gasteiger partial charge on any atom is 0.0506 e. The molecule has 0 fully saturated rings. The average molecular weight is 173 g/mol. The van der Waals surface area contributed by atoms with Gasteiger partial charge in [-0.05, 0) is 29.7 Å². The SMILES string of the molecule is Nc1cncc(C2=CC=NCC2)c1. The monoisotopic (exact) mass is 173 g/mol. The van der Waals surface area contributed by atoms with Gasteiger partial charge in [-0.2, -0.15) is 0 Å². The van der Waals surface area contributed by atoms with Crippen LogP contribution in [0.25, 0.3) is 5.57 Å². The topological polar surface area (TPSA) is 51.3 Å². The molecule has 66 valence electrons. The predicted octanol–water partition coefficient (Wildman–Crippen LogP) is 1.52. The van der Waals surface area contributed by atoms with E-state index in [4.69, 9.17) is 5.73 Å². The van der Waals surface area contributed by atoms with Gasteiger partial charge < -0.3 is 5.73 Å². The van der Waals surface area contributed by atoms with Crippen LogP contribution < -0.4 is 5.73 Å². The first kappa shape index (κ1) is 7.98. The van der Waals surface area contributed by atoms with Gasteiger partial charge in [-0.1, -0.05) is 0 Å². The van der Waals surface area contributed by atoms with E-state index in [0.717, 1.165) is 18.5 Å². The van der Waals surface area contributed by atoms with Crippen molar-refractivity contribution < 1.29 is 0 Å². The largest absolute Gasteiger partial charge is 0.397 e. The molecule has 0 unspecified atom stereocenters. The van der Waals surface area contributed by atoms with Crippen LogP contribution in [0.3, 0.4) is 0 Å². The number of dihydropyridines is 1. The standard InChI is InChI=1S/C10H11N3/c11-10-5-9(6-13-7-10)8-1-3-12-4-2-8/h1,3,5-7H,2,4,11H2. The second-order valence-electron chi connectivity index (χ2n) is 3.00. The minimum atomic E-state index is 0.709. The number of hydrogen-bond donors (Lipinski definition) is 1. The minimum Gasteiger partial charge on any atom is -0.397 e. The molecule has 2 N–H and O–H groups in total. The fourth-order valence-corrected chi connectivity index (χ4v) is 1.36. The van der Waals surface area contributed by atoms with Gasteiger partial charge in [-0.3, -0.25) is 9.98 Å². The fourth-order valence-electron chi connectivity index (χ4n) is 1.36. The van der Waals surface area contributed by atoms with Crippen LogP contribution in [0.1, 0.15) is 12.0 Å². The van der Waals surface area contributed by atoms with Crippen LogP contribution in [-0.4, -0.2) is 17.7 Å². The van der Waals surface area contributed by atoms with Crippen molar-refractivity contribution in [1.29, 1.82) is 0 Å². The smallest absolute Gasteiger partial charge is 0.0506 e. The maximum absolute atomic E-state index is 5.64. The van der Waals surface area contributed by atoms with Gasteiger partial charge in [0.1, 0.15) is 0 Å². The van der Waals surface area contributed by atoms with E-state index in [0.29, 0.717) is 5.69 Å². The molecule has 1 aliphatic heterocycles. The zero-order chi connectivity index (χ0) is 9.10. The molecule has 0 aromatic carbocycles. The highest BCUT2D eigenvalue weighted by Gasteiger charge is 2.03. The predicted molar refractivity (Wildman–Crippen MR) is 54.6 cm³/mol. The number of rotatable bonds is 1. The van der Waals surface area contributed by atoms with E-state index in [2.05, 4.69) is 9.98 Å². The third kappa shape index (κ3) is 1.75. The number of allylic oxidation sites excluding steroid dienone is 1. The quantitative estimate of drug-likeness (QED) is 0.700. The van der Waals surface area contributed by atoms with E-state index >= 15 is 0 Å². The Hall–Kier alpha value is -1.64. The Bertz CT molecular complexity index is 366. The van der Waals surface area contributed by atoms with Crippen LogP contribution in [-0.2, 0) is 0 Å². The van der Waals surface area contributed by atoms with Crippen LogP contribution in [0.4, 0.5) is 5.69 Å². The van der Waals surface area contributed by atoms with Gasteiger partial charge in [0.2, 0.25) is 0 Å². The van der Waals surface area contributed by atoms with Crippen LogP contribution in [0.15, 0.2) is 29.5 Å². The van der Waals surface area contributed by atoms with Crippen molar-refractivity contribution in [3.8, 4) is 0 Å². The summed E-state index contributed by atoms with van der Waals surface area (Å²) in [7, 11) is 0. The summed E-state index contributed by atoms with van der Waals surface area (Å²) in [6.07, 6.45) is 8.31.